The molecule has 5 nitrogen and oxygen atoms in total. The number of allylic oxidation sites excluding steroid dienone is 1. The number of rotatable bonds is 6. The predicted octanol–water partition coefficient (Wildman–Crippen LogP) is 3.89. The molecule has 0 amide bonds. The summed E-state index contributed by atoms with van der Waals surface area (Å²) >= 11 is 0. The van der Waals surface area contributed by atoms with Crippen molar-refractivity contribution in [1.29, 1.82) is 0 Å². The minimum Gasteiger partial charge on any atom is -0.368 e. The quantitative estimate of drug-likeness (QED) is 0.789. The van der Waals surface area contributed by atoms with Crippen LogP contribution >= 0.6 is 0 Å². The molecule has 2 aliphatic carbocycles. The fourth-order valence-electron chi connectivity index (χ4n) is 3.60. The van der Waals surface area contributed by atoms with E-state index in [1.54, 1.807) is 12.1 Å². The first-order valence-corrected chi connectivity index (χ1v) is 10.7. The van der Waals surface area contributed by atoms with Crippen LogP contribution in [0.1, 0.15) is 64.2 Å². The molecule has 0 aliphatic heterocycles. The Morgan fingerprint density at radius 3 is 2.54 bits per heavy atom. The normalized spacial score (nSPS) is 19.8. The van der Waals surface area contributed by atoms with E-state index in [1.807, 2.05) is 0 Å². The topological polar surface area (TPSA) is 72.0 Å². The summed E-state index contributed by atoms with van der Waals surface area (Å²) in [4.78, 5) is 0. The highest BCUT2D eigenvalue weighted by molar-refractivity contribution is 7.92. The van der Waals surface area contributed by atoms with Gasteiger partial charge in [-0.1, -0.05) is 30.9 Å². The van der Waals surface area contributed by atoms with Gasteiger partial charge in [-0.15, -0.1) is 10.2 Å². The molecule has 0 bridgehead atoms. The van der Waals surface area contributed by atoms with Gasteiger partial charge in [0.05, 0.1) is 5.25 Å². The molecular weight excluding hydrogens is 322 g/mol. The van der Waals surface area contributed by atoms with Crippen LogP contribution in [0.2, 0.25) is 0 Å². The van der Waals surface area contributed by atoms with Gasteiger partial charge >= 0.3 is 0 Å². The number of hydrogen-bond donors (Lipinski definition) is 1. The van der Waals surface area contributed by atoms with E-state index in [4.69, 9.17) is 0 Å². The zero-order chi connectivity index (χ0) is 16.8. The third-order valence-electron chi connectivity index (χ3n) is 5.06. The molecule has 1 heterocycles. The molecule has 0 atom stereocenters. The minimum absolute atomic E-state index is 0.120. The van der Waals surface area contributed by atoms with Crippen molar-refractivity contribution in [2.75, 3.05) is 11.9 Å². The Balaban J connectivity index is 1.55. The van der Waals surface area contributed by atoms with Crippen LogP contribution in [-0.4, -0.2) is 30.4 Å². The van der Waals surface area contributed by atoms with E-state index < -0.39 is 9.84 Å². The monoisotopic (exact) mass is 349 g/mol. The second kappa shape index (κ2) is 8.10. The number of nitrogens with one attached hydrogen (secondary N) is 1. The molecule has 0 aromatic carbocycles. The minimum atomic E-state index is -3.33. The Bertz CT molecular complexity index is 662. The standard InChI is InChI=1S/C18H27N3O2S/c22-24(23,16-9-5-2-6-10-16)18-12-11-17(20-21-18)19-14-13-15-7-3-1-4-8-15/h7,11-12,16H,1-6,8-10,13-14H2,(H,19,20). The zero-order valence-electron chi connectivity index (χ0n) is 14.2. The number of sulfone groups is 1. The largest absolute Gasteiger partial charge is 0.368 e. The first-order valence-electron chi connectivity index (χ1n) is 9.16. The van der Waals surface area contributed by atoms with Crippen LogP contribution in [0.5, 0.6) is 0 Å². The van der Waals surface area contributed by atoms with Crippen molar-refractivity contribution < 1.29 is 8.42 Å². The summed E-state index contributed by atoms with van der Waals surface area (Å²) in [7, 11) is -3.33. The third-order valence-corrected chi connectivity index (χ3v) is 7.21. The van der Waals surface area contributed by atoms with Gasteiger partial charge in [0.1, 0.15) is 5.82 Å². The average molecular weight is 350 g/mol. The molecule has 0 unspecified atom stereocenters. The molecule has 1 saturated carbocycles. The highest BCUT2D eigenvalue weighted by atomic mass is 32.2. The molecule has 1 fully saturated rings. The number of nitrogens with zero attached hydrogens (tertiary/aromatic N) is 2. The fraction of sp³-hybridized carbons (Fsp3) is 0.667. The lowest BCUT2D eigenvalue weighted by Crippen LogP contribution is -2.25. The van der Waals surface area contributed by atoms with Gasteiger partial charge in [0, 0.05) is 6.54 Å². The van der Waals surface area contributed by atoms with Crippen LogP contribution in [0.15, 0.2) is 28.8 Å². The highest BCUT2D eigenvalue weighted by Gasteiger charge is 2.30. The Kier molecular flexibility index (Phi) is 5.87. The molecule has 0 saturated heterocycles. The summed E-state index contributed by atoms with van der Waals surface area (Å²) in [5.41, 5.74) is 1.51. The summed E-state index contributed by atoms with van der Waals surface area (Å²) in [5.74, 6) is 0.647. The molecule has 132 valence electrons. The van der Waals surface area contributed by atoms with Gasteiger partial charge in [0.25, 0.3) is 0 Å². The van der Waals surface area contributed by atoms with Gasteiger partial charge in [0.15, 0.2) is 14.9 Å². The van der Waals surface area contributed by atoms with Crippen molar-refractivity contribution in [3.63, 3.8) is 0 Å². The van der Waals surface area contributed by atoms with Crippen LogP contribution in [0.25, 0.3) is 0 Å². The van der Waals surface area contributed by atoms with Gasteiger partial charge in [-0.05, 0) is 57.1 Å². The SMILES string of the molecule is O=S(=O)(c1ccc(NCCC2=CCCCC2)nn1)C1CCCCC1. The van der Waals surface area contributed by atoms with Crippen molar-refractivity contribution in [3.8, 4) is 0 Å². The Morgan fingerprint density at radius 1 is 1.04 bits per heavy atom. The highest BCUT2D eigenvalue weighted by Crippen LogP contribution is 2.27. The van der Waals surface area contributed by atoms with Gasteiger partial charge in [0.2, 0.25) is 0 Å². The Morgan fingerprint density at radius 2 is 1.88 bits per heavy atom. The van der Waals surface area contributed by atoms with Gasteiger partial charge in [-0.3, -0.25) is 0 Å². The predicted molar refractivity (Wildman–Crippen MR) is 95.7 cm³/mol. The van der Waals surface area contributed by atoms with E-state index in [9.17, 15) is 8.42 Å². The molecule has 0 spiro atoms. The zero-order valence-corrected chi connectivity index (χ0v) is 15.0. The first-order chi connectivity index (χ1) is 11.7. The number of anilines is 1. The second-order valence-electron chi connectivity index (χ2n) is 6.85. The van der Waals surface area contributed by atoms with Crippen molar-refractivity contribution >= 4 is 15.7 Å². The number of aromatic nitrogens is 2. The lowest BCUT2D eigenvalue weighted by molar-refractivity contribution is 0.481. The molecule has 6 heteroatoms. The van der Waals surface area contributed by atoms with E-state index in [-0.39, 0.29) is 10.3 Å². The van der Waals surface area contributed by atoms with Crippen molar-refractivity contribution in [2.24, 2.45) is 0 Å². The second-order valence-corrected chi connectivity index (χ2v) is 9.02. The molecule has 1 aromatic rings. The van der Waals surface area contributed by atoms with E-state index >= 15 is 0 Å². The average Bonchev–Trinajstić information content (AvgIpc) is 2.64. The summed E-state index contributed by atoms with van der Waals surface area (Å²) in [6, 6.07) is 3.33. The lowest BCUT2D eigenvalue weighted by atomic mass is 9.97. The van der Waals surface area contributed by atoms with Gasteiger partial charge < -0.3 is 5.32 Å². The van der Waals surface area contributed by atoms with E-state index in [2.05, 4.69) is 21.6 Å². The van der Waals surface area contributed by atoms with Crippen LogP contribution in [-0.2, 0) is 9.84 Å². The van der Waals surface area contributed by atoms with Crippen LogP contribution < -0.4 is 5.32 Å². The van der Waals surface area contributed by atoms with Gasteiger partial charge in [-0.2, -0.15) is 0 Å². The lowest BCUT2D eigenvalue weighted by Gasteiger charge is -2.21. The maximum absolute atomic E-state index is 12.6. The molecular formula is C18H27N3O2S. The maximum Gasteiger partial charge on any atom is 0.200 e. The van der Waals surface area contributed by atoms with Crippen molar-refractivity contribution in [2.45, 2.75) is 74.5 Å². The van der Waals surface area contributed by atoms with E-state index in [0.29, 0.717) is 5.82 Å². The maximum atomic E-state index is 12.6. The summed E-state index contributed by atoms with van der Waals surface area (Å²) in [6.45, 7) is 0.815. The fourth-order valence-corrected chi connectivity index (χ4v) is 5.30. The molecule has 2 aliphatic rings. The summed E-state index contributed by atoms with van der Waals surface area (Å²) in [6.07, 6.45) is 13.0. The molecule has 0 radical (unpaired) electrons. The smallest absolute Gasteiger partial charge is 0.200 e. The van der Waals surface area contributed by atoms with Gasteiger partial charge in [-0.25, -0.2) is 8.42 Å². The Hall–Kier alpha value is -1.43. The number of hydrogen-bond acceptors (Lipinski definition) is 5. The summed E-state index contributed by atoms with van der Waals surface area (Å²) in [5, 5.41) is 11.1. The summed E-state index contributed by atoms with van der Waals surface area (Å²) < 4.78 is 25.2. The Labute approximate surface area is 144 Å². The molecule has 24 heavy (non-hydrogen) atoms. The van der Waals surface area contributed by atoms with Crippen molar-refractivity contribution in [3.05, 3.63) is 23.8 Å². The third kappa shape index (κ3) is 4.35. The van der Waals surface area contributed by atoms with E-state index in [1.165, 1.54) is 31.3 Å². The van der Waals surface area contributed by atoms with Crippen LogP contribution in [0, 0.1) is 0 Å². The van der Waals surface area contributed by atoms with Crippen LogP contribution in [0.3, 0.4) is 0 Å². The van der Waals surface area contributed by atoms with E-state index in [0.717, 1.165) is 45.1 Å². The van der Waals surface area contributed by atoms with Crippen LogP contribution in [0.4, 0.5) is 5.82 Å². The van der Waals surface area contributed by atoms with Crippen molar-refractivity contribution in [1.82, 2.24) is 10.2 Å². The first kappa shape index (κ1) is 17.4. The molecule has 1 aromatic heterocycles. The molecule has 3 rings (SSSR count). The molecule has 1 N–H and O–H groups in total.